The number of nitrogens with one attached hydrogen (secondary N) is 1. The Hall–Kier alpha value is -2.98. The molecule has 10 heteroatoms. The number of likely N-dealkylation sites (N-methyl/N-ethyl adjacent to an activating group) is 1. The van der Waals surface area contributed by atoms with Gasteiger partial charge in [-0.3, -0.25) is 19.2 Å². The molecule has 5 atom stereocenters. The van der Waals surface area contributed by atoms with Crippen LogP contribution in [0, 0.1) is 11.8 Å². The zero-order valence-corrected chi connectivity index (χ0v) is 25.5. The summed E-state index contributed by atoms with van der Waals surface area (Å²) in [4.78, 5) is 61.5. The third-order valence-corrected chi connectivity index (χ3v) is 8.96. The Bertz CT molecular complexity index is 1100. The second-order valence-corrected chi connectivity index (χ2v) is 12.3. The van der Waals surface area contributed by atoms with Crippen LogP contribution in [-0.4, -0.2) is 116 Å². The summed E-state index contributed by atoms with van der Waals surface area (Å²) in [5.74, 6) is -0.733. The van der Waals surface area contributed by atoms with Gasteiger partial charge in [0, 0.05) is 51.1 Å². The van der Waals surface area contributed by atoms with E-state index in [2.05, 4.69) is 22.2 Å². The average Bonchev–Trinajstić information content (AvgIpc) is 3.54. The maximum atomic E-state index is 13.9. The molecule has 0 aromatic heterocycles. The van der Waals surface area contributed by atoms with E-state index < -0.39 is 18.2 Å². The number of ketones is 1. The van der Waals surface area contributed by atoms with Gasteiger partial charge in [-0.05, 0) is 56.0 Å². The van der Waals surface area contributed by atoms with Crippen molar-refractivity contribution in [2.75, 3.05) is 58.3 Å². The van der Waals surface area contributed by atoms with Gasteiger partial charge in [0.15, 0.2) is 5.78 Å². The second kappa shape index (κ2) is 13.3. The van der Waals surface area contributed by atoms with Crippen molar-refractivity contribution in [3.05, 3.63) is 29.8 Å². The number of carbonyl (C=O) groups is 4. The Morgan fingerprint density at radius 3 is 2.22 bits per heavy atom. The van der Waals surface area contributed by atoms with Crippen molar-refractivity contribution in [3.8, 4) is 0 Å². The highest BCUT2D eigenvalue weighted by Gasteiger charge is 2.53. The third-order valence-electron chi connectivity index (χ3n) is 8.96. The highest BCUT2D eigenvalue weighted by Crippen LogP contribution is 2.32. The Morgan fingerprint density at radius 1 is 0.976 bits per heavy atom. The Labute approximate surface area is 244 Å². The SMILES string of the molecule is CCC(C)C(OC)C(=O)N1CC(=O)C2C1CCN2C(=O)C(CC(C)C)NC(=O)c1ccc(N2CCN(C)CC2)cc1. The van der Waals surface area contributed by atoms with Crippen LogP contribution in [0.1, 0.15) is 57.3 Å². The summed E-state index contributed by atoms with van der Waals surface area (Å²) in [6, 6.07) is 5.72. The number of amides is 3. The van der Waals surface area contributed by atoms with Crippen LogP contribution in [0.5, 0.6) is 0 Å². The molecule has 3 heterocycles. The molecular formula is C31H47N5O5. The summed E-state index contributed by atoms with van der Waals surface area (Å²) in [5.41, 5.74) is 1.57. The molecule has 0 aliphatic carbocycles. The van der Waals surface area contributed by atoms with Crippen LogP contribution in [0.25, 0.3) is 0 Å². The monoisotopic (exact) mass is 569 g/mol. The molecule has 3 fully saturated rings. The van der Waals surface area contributed by atoms with Gasteiger partial charge in [0.1, 0.15) is 18.2 Å². The van der Waals surface area contributed by atoms with Gasteiger partial charge in [0.25, 0.3) is 11.8 Å². The predicted octanol–water partition coefficient (Wildman–Crippen LogP) is 2.02. The molecule has 226 valence electrons. The Balaban J connectivity index is 1.44. The van der Waals surface area contributed by atoms with Crippen LogP contribution in [0.3, 0.4) is 0 Å². The van der Waals surface area contributed by atoms with Gasteiger partial charge in [-0.1, -0.05) is 34.1 Å². The zero-order chi connectivity index (χ0) is 29.8. The van der Waals surface area contributed by atoms with E-state index in [1.807, 2.05) is 39.8 Å². The number of benzene rings is 1. The van der Waals surface area contributed by atoms with Gasteiger partial charge < -0.3 is 29.7 Å². The normalized spacial score (nSPS) is 23.5. The molecule has 0 saturated carbocycles. The largest absolute Gasteiger partial charge is 0.371 e. The summed E-state index contributed by atoms with van der Waals surface area (Å²) in [6.45, 7) is 12.2. The average molecular weight is 570 g/mol. The van der Waals surface area contributed by atoms with Crippen molar-refractivity contribution in [2.45, 2.75) is 71.2 Å². The molecule has 3 saturated heterocycles. The molecule has 1 aromatic rings. The van der Waals surface area contributed by atoms with Crippen molar-refractivity contribution >= 4 is 29.2 Å². The van der Waals surface area contributed by atoms with Crippen LogP contribution in [0.4, 0.5) is 5.69 Å². The van der Waals surface area contributed by atoms with E-state index in [1.54, 1.807) is 21.9 Å². The third kappa shape index (κ3) is 6.75. The summed E-state index contributed by atoms with van der Waals surface area (Å²) in [5, 5.41) is 2.96. The number of rotatable bonds is 10. The lowest BCUT2D eigenvalue weighted by Gasteiger charge is -2.34. The predicted molar refractivity (Wildman–Crippen MR) is 158 cm³/mol. The van der Waals surface area contributed by atoms with Crippen molar-refractivity contribution in [3.63, 3.8) is 0 Å². The maximum Gasteiger partial charge on any atom is 0.252 e. The molecule has 0 radical (unpaired) electrons. The fourth-order valence-electron chi connectivity index (χ4n) is 6.33. The number of piperazine rings is 1. The first-order valence-electron chi connectivity index (χ1n) is 15.1. The molecule has 3 aliphatic heterocycles. The summed E-state index contributed by atoms with van der Waals surface area (Å²) in [7, 11) is 3.64. The fraction of sp³-hybridized carbons (Fsp3) is 0.677. The van der Waals surface area contributed by atoms with Crippen molar-refractivity contribution in [2.24, 2.45) is 11.8 Å². The quantitative estimate of drug-likeness (QED) is 0.460. The number of likely N-dealkylation sites (tertiary alicyclic amines) is 2. The van der Waals surface area contributed by atoms with Crippen molar-refractivity contribution in [1.29, 1.82) is 0 Å². The lowest BCUT2D eigenvalue weighted by Crippen LogP contribution is -2.53. The van der Waals surface area contributed by atoms with Gasteiger partial charge in [-0.25, -0.2) is 0 Å². The minimum atomic E-state index is -0.761. The zero-order valence-electron chi connectivity index (χ0n) is 25.5. The van der Waals surface area contributed by atoms with Crippen molar-refractivity contribution in [1.82, 2.24) is 20.0 Å². The number of carbonyl (C=O) groups excluding carboxylic acids is 4. The Kier molecular flexibility index (Phi) is 10.1. The van der Waals surface area contributed by atoms with E-state index in [0.717, 1.165) is 38.3 Å². The topological polar surface area (TPSA) is 102 Å². The molecular weight excluding hydrogens is 522 g/mol. The van der Waals surface area contributed by atoms with Gasteiger partial charge >= 0.3 is 0 Å². The molecule has 1 N–H and O–H groups in total. The van der Waals surface area contributed by atoms with Gasteiger partial charge in [-0.2, -0.15) is 0 Å². The molecule has 3 amide bonds. The van der Waals surface area contributed by atoms with E-state index >= 15 is 0 Å². The maximum absolute atomic E-state index is 13.9. The van der Waals surface area contributed by atoms with Gasteiger partial charge in [0.2, 0.25) is 5.91 Å². The number of Topliss-reactive ketones (excluding diaryl/α,β-unsaturated/α-hetero) is 1. The smallest absolute Gasteiger partial charge is 0.252 e. The second-order valence-electron chi connectivity index (χ2n) is 12.3. The lowest BCUT2D eigenvalue weighted by molar-refractivity contribution is -0.146. The first-order chi connectivity index (χ1) is 19.5. The Morgan fingerprint density at radius 2 is 1.63 bits per heavy atom. The van der Waals surface area contributed by atoms with E-state index in [9.17, 15) is 19.2 Å². The number of nitrogens with zero attached hydrogens (tertiary/aromatic N) is 4. The van der Waals surface area contributed by atoms with E-state index in [0.29, 0.717) is 24.9 Å². The molecule has 5 unspecified atom stereocenters. The number of hydrogen-bond acceptors (Lipinski definition) is 7. The minimum Gasteiger partial charge on any atom is -0.371 e. The standard InChI is InChI=1S/C31H47N5O5/c1-7-21(4)28(41-6)31(40)36-19-26(37)27-25(36)12-13-35(27)30(39)24(18-20(2)3)32-29(38)22-8-10-23(11-9-22)34-16-14-33(5)15-17-34/h8-11,20-21,24-25,27-28H,7,12-19H2,1-6H3,(H,32,38). The highest BCUT2D eigenvalue weighted by atomic mass is 16.5. The van der Waals surface area contributed by atoms with Crippen LogP contribution in [0.2, 0.25) is 0 Å². The molecule has 0 spiro atoms. The number of hydrogen-bond donors (Lipinski definition) is 1. The number of methoxy groups -OCH3 is 1. The van der Waals surface area contributed by atoms with Crippen LogP contribution in [0.15, 0.2) is 24.3 Å². The fourth-order valence-corrected chi connectivity index (χ4v) is 6.33. The van der Waals surface area contributed by atoms with Gasteiger partial charge in [-0.15, -0.1) is 0 Å². The summed E-state index contributed by atoms with van der Waals surface area (Å²) in [6.07, 6.45) is 1.14. The first kappa shape index (κ1) is 31.0. The highest BCUT2D eigenvalue weighted by molar-refractivity contribution is 6.01. The first-order valence-corrected chi connectivity index (χ1v) is 15.1. The molecule has 3 aliphatic rings. The van der Waals surface area contributed by atoms with Crippen LogP contribution >= 0.6 is 0 Å². The van der Waals surface area contributed by atoms with E-state index in [1.165, 1.54) is 7.11 Å². The summed E-state index contributed by atoms with van der Waals surface area (Å²) < 4.78 is 5.51. The number of fused-ring (bicyclic) bond motifs is 1. The molecule has 10 nitrogen and oxygen atoms in total. The van der Waals surface area contributed by atoms with Crippen molar-refractivity contribution < 1.29 is 23.9 Å². The van der Waals surface area contributed by atoms with Crippen LogP contribution in [-0.2, 0) is 19.1 Å². The van der Waals surface area contributed by atoms with Crippen LogP contribution < -0.4 is 10.2 Å². The summed E-state index contributed by atoms with van der Waals surface area (Å²) >= 11 is 0. The number of ether oxygens (including phenoxy) is 1. The molecule has 0 bridgehead atoms. The lowest BCUT2D eigenvalue weighted by atomic mass is 10.00. The molecule has 1 aromatic carbocycles. The van der Waals surface area contributed by atoms with Gasteiger partial charge in [0.05, 0.1) is 12.6 Å². The number of anilines is 1. The van der Waals surface area contributed by atoms with E-state index in [-0.39, 0.29) is 47.9 Å². The molecule has 41 heavy (non-hydrogen) atoms. The van der Waals surface area contributed by atoms with E-state index in [4.69, 9.17) is 4.74 Å². The molecule has 4 rings (SSSR count). The minimum absolute atomic E-state index is 0.0158.